The number of carboxylic acids is 1. The number of hydrogen-bond acceptors (Lipinski definition) is 22. The molecule has 0 radical (unpaired) electrons. The van der Waals surface area contributed by atoms with Gasteiger partial charge in [-0.3, -0.25) is 28.8 Å². The van der Waals surface area contributed by atoms with Crippen molar-refractivity contribution in [1.82, 2.24) is 51.3 Å². The number of nitrogens with zero attached hydrogens (tertiary/aromatic N) is 6. The molecule has 100 heavy (non-hydrogen) atoms. The van der Waals surface area contributed by atoms with E-state index in [4.69, 9.17) is 9.47 Å². The summed E-state index contributed by atoms with van der Waals surface area (Å²) in [6, 6.07) is 36.2. The van der Waals surface area contributed by atoms with Gasteiger partial charge in [0.25, 0.3) is 11.8 Å². The first-order valence-electron chi connectivity index (χ1n) is 32.0. The maximum absolute atomic E-state index is 13.2. The summed E-state index contributed by atoms with van der Waals surface area (Å²) in [5, 5.41) is 107. The number of rotatable bonds is 32. The van der Waals surface area contributed by atoms with Crippen LogP contribution < -0.4 is 85.5 Å². The third-order valence-electron chi connectivity index (χ3n) is 17.3. The van der Waals surface area contributed by atoms with Gasteiger partial charge in [0.05, 0.1) is 65.8 Å². The van der Waals surface area contributed by atoms with Crippen LogP contribution in [0.15, 0.2) is 146 Å². The van der Waals surface area contributed by atoms with E-state index in [0.717, 1.165) is 38.5 Å². The number of amides is 4. The van der Waals surface area contributed by atoms with E-state index in [0.29, 0.717) is 67.5 Å². The third-order valence-corrected chi connectivity index (χ3v) is 17.3. The number of aliphatic hydroxyl groups is 6. The Kier molecular flexibility index (Phi) is 30.8. The minimum absolute atomic E-state index is 0. The molecule has 0 unspecified atom stereocenters. The van der Waals surface area contributed by atoms with E-state index in [-0.39, 0.29) is 107 Å². The topological polar surface area (TPSA) is 439 Å². The summed E-state index contributed by atoms with van der Waals surface area (Å²) in [4.78, 5) is 103. The van der Waals surface area contributed by atoms with Crippen LogP contribution in [0.5, 0.6) is 0 Å². The Morgan fingerprint density at radius 2 is 0.920 bits per heavy atom. The molecule has 5 aromatic carbocycles. The Labute approximate surface area is 620 Å². The summed E-state index contributed by atoms with van der Waals surface area (Å²) < 4.78 is 14.0. The molecule has 30 heteroatoms. The molecule has 2 aliphatic heterocycles. The van der Waals surface area contributed by atoms with Crippen LogP contribution in [0.1, 0.15) is 131 Å². The minimum atomic E-state index is -2.57. The minimum Gasteiger partial charge on any atom is -0.870 e. The van der Waals surface area contributed by atoms with E-state index in [9.17, 15) is 74.1 Å². The number of aliphatic hydroxyl groups excluding tert-OH is 6. The largest absolute Gasteiger partial charge is 1.00 e. The zero-order valence-electron chi connectivity index (χ0n) is 55.8. The van der Waals surface area contributed by atoms with Gasteiger partial charge in [-0.05, 0) is 91.5 Å². The molecule has 2 saturated heterocycles. The van der Waals surface area contributed by atoms with Crippen molar-refractivity contribution < 1.29 is 148 Å². The summed E-state index contributed by atoms with van der Waals surface area (Å²) in [6.45, 7) is 1.32. The molecule has 11 N–H and O–H groups in total. The Morgan fingerprint density at radius 3 is 1.33 bits per heavy atom. The van der Waals surface area contributed by atoms with E-state index in [1.807, 2.05) is 60.7 Å². The Hall–Kier alpha value is -7.62. The number of carboxylic acid groups (broad SMARTS) is 1. The number of hydrogen-bond donors (Lipinski definition) is 10. The summed E-state index contributed by atoms with van der Waals surface area (Å²) in [7, 11) is 0. The molecule has 28 nitrogen and oxygen atoms in total. The van der Waals surface area contributed by atoms with E-state index < -0.39 is 128 Å². The van der Waals surface area contributed by atoms with E-state index in [1.54, 1.807) is 79.1 Å². The van der Waals surface area contributed by atoms with E-state index in [1.165, 1.54) is 19.3 Å². The SMILES string of the molecule is CC(=O)N[C@H]1[C@H]([C@H](O)[C@H](O)CNC(=O)c2ccc(-c3ccccc3)cc2)O[C@]([C-]=O)(n2cc(CCCCCC(=O)c3ccc(C(=O)CCCCCc4cn([C@]5(C(=O)[O-])C[C@H](O)[C@@H](NC(C)=O)[C@H]([C@H](O)[C@H](O)CNC(=O)c6ccc(-c7ccccc7)cc6)O5)nn4)cc3)nn2)C[C@@H]1O.[Na+].[Na+].[OH-]. The van der Waals surface area contributed by atoms with Gasteiger partial charge in [-0.25, -0.2) is 15.6 Å². The Morgan fingerprint density at radius 1 is 0.540 bits per heavy atom. The van der Waals surface area contributed by atoms with Crippen LogP contribution in [0.2, 0.25) is 0 Å². The van der Waals surface area contributed by atoms with Gasteiger partial charge in [0.15, 0.2) is 11.6 Å². The number of benzene rings is 5. The fourth-order valence-electron chi connectivity index (χ4n) is 12.0. The molecule has 0 saturated carbocycles. The second kappa shape index (κ2) is 37.9. The zero-order chi connectivity index (χ0) is 69.4. The van der Waals surface area contributed by atoms with Gasteiger partial charge in [-0.2, -0.15) is 0 Å². The van der Waals surface area contributed by atoms with Crippen LogP contribution in [-0.4, -0.2) is 188 Å². The maximum atomic E-state index is 13.2. The van der Waals surface area contributed by atoms with Crippen molar-refractivity contribution >= 4 is 47.5 Å². The Bertz CT molecular complexity index is 3850. The van der Waals surface area contributed by atoms with Crippen LogP contribution in [0, 0.1) is 0 Å². The van der Waals surface area contributed by atoms with Crippen molar-refractivity contribution in [2.75, 3.05) is 13.1 Å². The van der Waals surface area contributed by atoms with Crippen molar-refractivity contribution in [1.29, 1.82) is 0 Å². The number of Topliss-reactive ketones (excluding diaryl/α,β-unsaturated/α-hetero) is 2. The molecule has 4 heterocycles. The molecule has 12 atom stereocenters. The van der Waals surface area contributed by atoms with Crippen LogP contribution in [0.25, 0.3) is 22.3 Å². The van der Waals surface area contributed by atoms with Crippen molar-refractivity contribution in [2.24, 2.45) is 0 Å². The number of nitrogens with one attached hydrogen (secondary N) is 4. The van der Waals surface area contributed by atoms with Crippen LogP contribution >= 0.6 is 0 Å². The summed E-state index contributed by atoms with van der Waals surface area (Å²) in [5.74, 6) is -4.51. The molecule has 7 aromatic rings. The maximum Gasteiger partial charge on any atom is 1.00 e. The van der Waals surface area contributed by atoms with Crippen LogP contribution in [0.3, 0.4) is 0 Å². The van der Waals surface area contributed by atoms with Crippen molar-refractivity contribution in [3.8, 4) is 22.3 Å². The van der Waals surface area contributed by atoms with Gasteiger partial charge in [-0.15, -0.1) is 10.2 Å². The van der Waals surface area contributed by atoms with E-state index in [2.05, 4.69) is 41.9 Å². The molecule has 9 rings (SSSR count). The smallest absolute Gasteiger partial charge is 0.870 e. The summed E-state index contributed by atoms with van der Waals surface area (Å²) in [6.07, 6.45) is -6.30. The second-order valence-corrected chi connectivity index (χ2v) is 24.4. The summed E-state index contributed by atoms with van der Waals surface area (Å²) in [5.41, 5.74) is 1.08. The quantitative estimate of drug-likeness (QED) is 0.00827. The molecule has 2 fully saturated rings. The van der Waals surface area contributed by atoms with Gasteiger partial charge in [0.2, 0.25) is 17.5 Å². The molecular formula is C70H79N10Na2O18-. The molecule has 2 aromatic heterocycles. The number of ketones is 2. The average molecular weight is 1390 g/mol. The molecule has 4 amide bonds. The zero-order valence-corrected chi connectivity index (χ0v) is 59.8. The number of aryl methyl sites for hydroxylation is 2. The number of aliphatic carboxylic acids is 1. The first-order valence-corrected chi connectivity index (χ1v) is 32.0. The molecule has 0 aliphatic carbocycles. The fraction of sp³-hybridized carbons (Fsp3) is 0.400. The molecule has 0 spiro atoms. The standard InChI is InChI=1S/C70H79N10O17.2Na.H2O/c1-42(82)73-60-56(86)35-69(41-81,96-64(60)62(90)58(88)37-71-66(92)50-31-23-46(24-32-50)44-15-7-3-8-16-44)79-39-52(75-77-79)19-11-5-13-21-54(84)48-27-29-49(30-28-48)55(85)22-14-6-12-20-53-40-80(78-76-53)70(68(94)95)36-57(87)61(74-43(2)83)65(97-70)63(91)59(89)38-72-67(93)51-33-25-47(26-34-51)45-17-9-4-10-18-45;;;/h3-4,7-10,15-18,23-34,39-40,56-65,86-91H,5-6,11-14,19-22,35-38H2,1-2H3,(H,71,92)(H,72,93)(H,73,82)(H,74,83)(H,94,95);;;1H2/q-1;2*+1;/p-2/t56-,57-,58+,59+,60+,61+,62+,63+,64+,65+,69+,70+;;;/m0.../s1. The molecule has 520 valence electrons. The van der Waals surface area contributed by atoms with Gasteiger partial charge >= 0.3 is 59.1 Å². The van der Waals surface area contributed by atoms with Gasteiger partial charge in [0, 0.05) is 74.7 Å². The monoisotopic (exact) mass is 1390 g/mol. The number of aromatic nitrogens is 6. The van der Waals surface area contributed by atoms with Gasteiger partial charge in [0.1, 0.15) is 24.4 Å². The Balaban J connectivity index is 0.00000525. The first kappa shape index (κ1) is 81.3. The number of ether oxygens (including phenoxy) is 2. The second-order valence-electron chi connectivity index (χ2n) is 24.4. The van der Waals surface area contributed by atoms with Crippen LogP contribution in [0.4, 0.5) is 0 Å². The summed E-state index contributed by atoms with van der Waals surface area (Å²) >= 11 is 0. The van der Waals surface area contributed by atoms with Crippen molar-refractivity contribution in [2.45, 2.75) is 163 Å². The van der Waals surface area contributed by atoms with Gasteiger partial charge in [-0.1, -0.05) is 132 Å². The first-order chi connectivity index (χ1) is 46.6. The molecule has 0 bridgehead atoms. The van der Waals surface area contributed by atoms with Crippen molar-refractivity contribution in [3.05, 3.63) is 179 Å². The average Bonchev–Trinajstić information content (AvgIpc) is 1.21. The predicted octanol–water partition coefficient (Wildman–Crippen LogP) is -4.22. The number of carbonyl (C=O) groups excluding carboxylic acids is 8. The fourth-order valence-corrected chi connectivity index (χ4v) is 12.0. The van der Waals surface area contributed by atoms with Gasteiger partial charge < -0.3 is 81.6 Å². The van der Waals surface area contributed by atoms with Crippen LogP contribution in [-0.2, 0) is 52.9 Å². The van der Waals surface area contributed by atoms with Crippen molar-refractivity contribution in [3.63, 3.8) is 0 Å². The normalized spacial score (nSPS) is 21.4. The number of carbonyl (C=O) groups is 7. The number of unbranched alkanes of at least 4 members (excludes halogenated alkanes) is 4. The molecule has 2 aliphatic rings. The predicted molar refractivity (Wildman–Crippen MR) is 347 cm³/mol. The third kappa shape index (κ3) is 20.6. The van der Waals surface area contributed by atoms with E-state index >= 15 is 0 Å². The molecular weight excluding hydrogens is 1310 g/mol.